The van der Waals surface area contributed by atoms with Crippen LogP contribution in [0.15, 0.2) is 47.1 Å². The number of H-pyrrole nitrogens is 1. The lowest BCUT2D eigenvalue weighted by Crippen LogP contribution is -2.12. The van der Waals surface area contributed by atoms with E-state index in [1.54, 1.807) is 18.5 Å². The van der Waals surface area contributed by atoms with Gasteiger partial charge >= 0.3 is 5.97 Å². The van der Waals surface area contributed by atoms with Crippen LogP contribution in [0.1, 0.15) is 26.3 Å². The Bertz CT molecular complexity index is 805. The molecule has 5 nitrogen and oxygen atoms in total. The Morgan fingerprint density at radius 3 is 2.65 bits per heavy atom. The molecule has 0 saturated carbocycles. The van der Waals surface area contributed by atoms with E-state index in [1.165, 1.54) is 0 Å². The molecule has 0 spiro atoms. The number of nitrogens with two attached hydrogens (primary N) is 1. The monoisotopic (exact) mass is 311 g/mol. The van der Waals surface area contributed by atoms with Crippen LogP contribution in [0.25, 0.3) is 17.0 Å². The maximum atomic E-state index is 10.6. The number of carboxylic acids is 1. The van der Waals surface area contributed by atoms with Crippen molar-refractivity contribution >= 4 is 35.0 Å². The topological polar surface area (TPSA) is 91.5 Å². The van der Waals surface area contributed by atoms with Gasteiger partial charge in [-0.2, -0.15) is 0 Å². The van der Waals surface area contributed by atoms with Crippen molar-refractivity contribution in [2.75, 3.05) is 0 Å². The zero-order valence-electron chi connectivity index (χ0n) is 13.5. The summed E-state index contributed by atoms with van der Waals surface area (Å²) in [5.74, 6) is -0.240. The predicted octanol–water partition coefficient (Wildman–Crippen LogP) is 3.86. The standard InChI is InChI=1S/C18H21N3O2/c1-18(2,3)14(10-19)11-20-16-9-13-8-12(5-7-17(22)23)4-6-15(13)21-16/h4-11,21H,19H2,1-3H3,(H,22,23)/b7-5+,14-10+,20-11+. The van der Waals surface area contributed by atoms with Crippen molar-refractivity contribution in [2.24, 2.45) is 16.1 Å². The molecular formula is C18H21N3O2. The summed E-state index contributed by atoms with van der Waals surface area (Å²) in [6, 6.07) is 7.58. The van der Waals surface area contributed by atoms with Gasteiger partial charge in [0, 0.05) is 23.2 Å². The number of carbonyl (C=O) groups is 1. The molecule has 0 fully saturated rings. The summed E-state index contributed by atoms with van der Waals surface area (Å²) in [6.07, 6.45) is 6.01. The number of aliphatic imine (C=N–C) groups is 1. The lowest BCUT2D eigenvalue weighted by atomic mass is 9.88. The van der Waals surface area contributed by atoms with Crippen LogP contribution in [-0.4, -0.2) is 22.3 Å². The normalized spacial score (nSPS) is 13.4. The van der Waals surface area contributed by atoms with Crippen molar-refractivity contribution in [2.45, 2.75) is 20.8 Å². The second-order valence-electron chi connectivity index (χ2n) is 6.30. The molecule has 0 radical (unpaired) electrons. The van der Waals surface area contributed by atoms with Gasteiger partial charge in [0.2, 0.25) is 0 Å². The lowest BCUT2D eigenvalue weighted by molar-refractivity contribution is -0.131. The number of hydrogen-bond donors (Lipinski definition) is 3. The minimum atomic E-state index is -0.965. The van der Waals surface area contributed by atoms with Crippen molar-refractivity contribution < 1.29 is 9.90 Å². The smallest absolute Gasteiger partial charge is 0.328 e. The number of rotatable bonds is 4. The van der Waals surface area contributed by atoms with Crippen LogP contribution in [0.4, 0.5) is 5.82 Å². The van der Waals surface area contributed by atoms with Crippen LogP contribution in [0.5, 0.6) is 0 Å². The molecule has 2 rings (SSSR count). The number of allylic oxidation sites excluding steroid dienone is 1. The number of hydrogen-bond acceptors (Lipinski definition) is 3. The second kappa shape index (κ2) is 6.52. The molecule has 0 saturated heterocycles. The maximum absolute atomic E-state index is 10.6. The molecule has 0 amide bonds. The first-order valence-electron chi connectivity index (χ1n) is 7.30. The molecule has 1 heterocycles. The summed E-state index contributed by atoms with van der Waals surface area (Å²) in [5, 5.41) is 9.65. The third-order valence-corrected chi connectivity index (χ3v) is 3.44. The maximum Gasteiger partial charge on any atom is 0.328 e. The summed E-state index contributed by atoms with van der Waals surface area (Å²) >= 11 is 0. The van der Waals surface area contributed by atoms with Gasteiger partial charge in [-0.05, 0) is 47.0 Å². The van der Waals surface area contributed by atoms with Crippen molar-refractivity contribution in [1.29, 1.82) is 0 Å². The molecule has 4 N–H and O–H groups in total. The fraction of sp³-hybridized carbons (Fsp3) is 0.222. The van der Waals surface area contributed by atoms with Gasteiger partial charge in [0.15, 0.2) is 0 Å². The van der Waals surface area contributed by atoms with Gasteiger partial charge < -0.3 is 15.8 Å². The fourth-order valence-corrected chi connectivity index (χ4v) is 2.10. The molecular weight excluding hydrogens is 290 g/mol. The van der Waals surface area contributed by atoms with E-state index in [1.807, 2.05) is 24.3 Å². The van der Waals surface area contributed by atoms with Crippen molar-refractivity contribution in [1.82, 2.24) is 4.98 Å². The average molecular weight is 311 g/mol. The Balaban J connectivity index is 2.29. The molecule has 120 valence electrons. The minimum absolute atomic E-state index is 0.0704. The Labute approximate surface area is 135 Å². The van der Waals surface area contributed by atoms with E-state index >= 15 is 0 Å². The van der Waals surface area contributed by atoms with Gasteiger partial charge in [-0.1, -0.05) is 26.8 Å². The van der Waals surface area contributed by atoms with E-state index in [9.17, 15) is 4.79 Å². The largest absolute Gasteiger partial charge is 0.478 e. The third-order valence-electron chi connectivity index (χ3n) is 3.44. The number of fused-ring (bicyclic) bond motifs is 1. The van der Waals surface area contributed by atoms with E-state index in [2.05, 4.69) is 30.7 Å². The minimum Gasteiger partial charge on any atom is -0.478 e. The fourth-order valence-electron chi connectivity index (χ4n) is 2.10. The van der Waals surface area contributed by atoms with Crippen molar-refractivity contribution in [3.8, 4) is 0 Å². The first-order valence-corrected chi connectivity index (χ1v) is 7.30. The molecule has 1 aromatic heterocycles. The Morgan fingerprint density at radius 2 is 2.04 bits per heavy atom. The molecule has 0 aliphatic heterocycles. The van der Waals surface area contributed by atoms with Gasteiger partial charge in [0.1, 0.15) is 5.82 Å². The highest BCUT2D eigenvalue weighted by Gasteiger charge is 2.14. The van der Waals surface area contributed by atoms with Crippen LogP contribution in [0.2, 0.25) is 0 Å². The molecule has 5 heteroatoms. The van der Waals surface area contributed by atoms with Crippen LogP contribution < -0.4 is 5.73 Å². The first-order chi connectivity index (χ1) is 10.8. The highest BCUT2D eigenvalue weighted by molar-refractivity contribution is 5.90. The Kier molecular flexibility index (Phi) is 4.69. The third kappa shape index (κ3) is 4.32. The van der Waals surface area contributed by atoms with E-state index < -0.39 is 5.97 Å². The van der Waals surface area contributed by atoms with E-state index in [-0.39, 0.29) is 5.41 Å². The highest BCUT2D eigenvalue weighted by Crippen LogP contribution is 2.25. The van der Waals surface area contributed by atoms with E-state index in [0.29, 0.717) is 0 Å². The number of nitrogens with one attached hydrogen (secondary N) is 1. The number of aromatic nitrogens is 1. The van der Waals surface area contributed by atoms with Crippen molar-refractivity contribution in [3.05, 3.63) is 47.7 Å². The zero-order chi connectivity index (χ0) is 17.0. The Morgan fingerprint density at radius 1 is 1.30 bits per heavy atom. The van der Waals surface area contributed by atoms with Gasteiger partial charge in [-0.15, -0.1) is 0 Å². The summed E-state index contributed by atoms with van der Waals surface area (Å²) in [4.78, 5) is 18.2. The molecule has 2 aromatic rings. The lowest BCUT2D eigenvalue weighted by Gasteiger charge is -2.18. The molecule has 1 aromatic carbocycles. The molecule has 0 aliphatic rings. The SMILES string of the molecule is CC(C)(C)C(=C/N)/C=N/c1cc2cc(/C=C/C(=O)O)ccc2[nH]1. The molecule has 0 unspecified atom stereocenters. The number of aliphatic carboxylic acids is 1. The summed E-state index contributed by atoms with van der Waals surface area (Å²) < 4.78 is 0. The van der Waals surface area contributed by atoms with Gasteiger partial charge in [0.05, 0.1) is 0 Å². The summed E-state index contributed by atoms with van der Waals surface area (Å²) in [7, 11) is 0. The Hall–Kier alpha value is -2.82. The predicted molar refractivity (Wildman–Crippen MR) is 94.8 cm³/mol. The number of aromatic amines is 1. The van der Waals surface area contributed by atoms with Gasteiger partial charge in [-0.3, -0.25) is 0 Å². The molecule has 23 heavy (non-hydrogen) atoms. The van der Waals surface area contributed by atoms with Crippen LogP contribution in [0, 0.1) is 5.41 Å². The van der Waals surface area contributed by atoms with Crippen molar-refractivity contribution in [3.63, 3.8) is 0 Å². The van der Waals surface area contributed by atoms with Crippen LogP contribution >= 0.6 is 0 Å². The van der Waals surface area contributed by atoms with Gasteiger partial charge in [0.25, 0.3) is 0 Å². The zero-order valence-corrected chi connectivity index (χ0v) is 13.5. The summed E-state index contributed by atoms with van der Waals surface area (Å²) in [5.41, 5.74) is 8.30. The first kappa shape index (κ1) is 16.5. The van der Waals surface area contributed by atoms with Crippen LogP contribution in [0.3, 0.4) is 0 Å². The number of benzene rings is 1. The van der Waals surface area contributed by atoms with Crippen LogP contribution in [-0.2, 0) is 4.79 Å². The molecule has 0 atom stereocenters. The van der Waals surface area contributed by atoms with E-state index in [0.717, 1.165) is 33.9 Å². The molecule has 0 aliphatic carbocycles. The quantitative estimate of drug-likeness (QED) is 0.591. The second-order valence-corrected chi connectivity index (χ2v) is 6.30. The number of nitrogens with zero attached hydrogens (tertiary/aromatic N) is 1. The summed E-state index contributed by atoms with van der Waals surface area (Å²) in [6.45, 7) is 6.22. The average Bonchev–Trinajstić information content (AvgIpc) is 2.86. The number of carboxylic acid groups (broad SMARTS) is 1. The van der Waals surface area contributed by atoms with E-state index in [4.69, 9.17) is 10.8 Å². The van der Waals surface area contributed by atoms with Gasteiger partial charge in [-0.25, -0.2) is 9.79 Å². The highest BCUT2D eigenvalue weighted by atomic mass is 16.4. The molecule has 0 bridgehead atoms.